The maximum atomic E-state index is 12.5. The van der Waals surface area contributed by atoms with Crippen LogP contribution in [-0.4, -0.2) is 70.8 Å². The molecule has 1 aromatic carbocycles. The first-order valence-electron chi connectivity index (χ1n) is 10.5. The van der Waals surface area contributed by atoms with Gasteiger partial charge in [0.05, 0.1) is 6.61 Å². The summed E-state index contributed by atoms with van der Waals surface area (Å²) in [6.07, 6.45) is 2.42. The summed E-state index contributed by atoms with van der Waals surface area (Å²) in [5.74, 6) is 0.185. The lowest BCUT2D eigenvalue weighted by Crippen LogP contribution is -2.47. The van der Waals surface area contributed by atoms with Gasteiger partial charge in [0.15, 0.2) is 0 Å². The summed E-state index contributed by atoms with van der Waals surface area (Å²) in [4.78, 5) is 25.7. The number of carbonyl (C=O) groups excluding carboxylic acids is 1. The molecule has 8 nitrogen and oxygen atoms in total. The zero-order valence-corrected chi connectivity index (χ0v) is 18.1. The van der Waals surface area contributed by atoms with Gasteiger partial charge in [-0.1, -0.05) is 6.92 Å². The van der Waals surface area contributed by atoms with Crippen LogP contribution in [0.5, 0.6) is 0 Å². The number of aromatic nitrogens is 2. The normalized spacial score (nSPS) is 15.1. The largest absolute Gasteiger partial charge is 0.395 e. The van der Waals surface area contributed by atoms with Crippen molar-refractivity contribution in [2.45, 2.75) is 32.7 Å². The van der Waals surface area contributed by atoms with Crippen LogP contribution in [0.15, 0.2) is 36.5 Å². The Hall–Kier alpha value is -2.71. The quantitative estimate of drug-likeness (QED) is 0.612. The minimum atomic E-state index is -0.283. The number of anilines is 3. The number of carbonyl (C=O) groups is 1. The van der Waals surface area contributed by atoms with Crippen molar-refractivity contribution < 1.29 is 9.90 Å². The zero-order chi connectivity index (χ0) is 21.6. The highest BCUT2D eigenvalue weighted by Gasteiger charge is 2.20. The highest BCUT2D eigenvalue weighted by atomic mass is 16.3. The molecule has 0 unspecified atom stereocenters. The van der Waals surface area contributed by atoms with E-state index in [0.29, 0.717) is 11.6 Å². The van der Waals surface area contributed by atoms with Gasteiger partial charge in [-0.15, -0.1) is 0 Å². The van der Waals surface area contributed by atoms with Crippen molar-refractivity contribution in [2.75, 3.05) is 49.5 Å². The number of aliphatic hydroxyl groups is 1. The van der Waals surface area contributed by atoms with E-state index in [9.17, 15) is 4.79 Å². The lowest BCUT2D eigenvalue weighted by atomic mass is 10.0. The minimum absolute atomic E-state index is 0.206. The number of benzene rings is 1. The molecule has 2 aromatic rings. The number of aliphatic hydroxyl groups excluding tert-OH is 1. The smallest absolute Gasteiger partial charge is 0.270 e. The Morgan fingerprint density at radius 2 is 1.83 bits per heavy atom. The molecule has 2 heterocycles. The molecule has 0 bridgehead atoms. The molecule has 30 heavy (non-hydrogen) atoms. The Labute approximate surface area is 178 Å². The molecule has 1 aromatic heterocycles. The van der Waals surface area contributed by atoms with Crippen molar-refractivity contribution in [3.05, 3.63) is 42.2 Å². The first-order valence-corrected chi connectivity index (χ1v) is 10.5. The number of rotatable bonds is 8. The molecule has 3 rings (SSSR count). The second kappa shape index (κ2) is 9.86. The predicted octanol–water partition coefficient (Wildman–Crippen LogP) is 2.25. The van der Waals surface area contributed by atoms with Crippen molar-refractivity contribution in [2.24, 2.45) is 0 Å². The third kappa shape index (κ3) is 5.90. The summed E-state index contributed by atoms with van der Waals surface area (Å²) in [5.41, 5.74) is 2.09. The van der Waals surface area contributed by atoms with Gasteiger partial charge in [0.25, 0.3) is 5.91 Å². The number of nitrogens with one attached hydrogen (secondary N) is 2. The van der Waals surface area contributed by atoms with Gasteiger partial charge in [-0.25, -0.2) is 9.97 Å². The van der Waals surface area contributed by atoms with Crippen LogP contribution in [0.25, 0.3) is 0 Å². The molecule has 1 saturated heterocycles. The molecule has 0 saturated carbocycles. The fraction of sp³-hybridized carbons (Fsp3) is 0.500. The molecule has 162 valence electrons. The average molecular weight is 413 g/mol. The van der Waals surface area contributed by atoms with E-state index in [1.165, 1.54) is 5.69 Å². The molecule has 0 radical (unpaired) electrons. The summed E-state index contributed by atoms with van der Waals surface area (Å²) in [6.45, 7) is 10.8. The minimum Gasteiger partial charge on any atom is -0.395 e. The fourth-order valence-electron chi connectivity index (χ4n) is 3.26. The lowest BCUT2D eigenvalue weighted by Gasteiger charge is -2.35. The number of piperazine rings is 1. The Balaban J connectivity index is 1.60. The van der Waals surface area contributed by atoms with Crippen LogP contribution in [0.2, 0.25) is 0 Å². The number of nitrogens with zero attached hydrogens (tertiary/aromatic N) is 4. The van der Waals surface area contributed by atoms with Crippen LogP contribution in [-0.2, 0) is 0 Å². The standard InChI is InChI=1S/C22H32N6O2/c1-4-22(2,3)26-20(30)19-9-10-23-21(25-19)24-17-5-7-18(8-6-17)28-13-11-27(12-14-28)15-16-29/h5-10,29H,4,11-16H2,1-3H3,(H,26,30)(H,23,24,25). The van der Waals surface area contributed by atoms with E-state index >= 15 is 0 Å². The van der Waals surface area contributed by atoms with Crippen molar-refractivity contribution in [3.8, 4) is 0 Å². The van der Waals surface area contributed by atoms with Gasteiger partial charge >= 0.3 is 0 Å². The van der Waals surface area contributed by atoms with Crippen molar-refractivity contribution >= 4 is 23.2 Å². The second-order valence-electron chi connectivity index (χ2n) is 8.18. The summed E-state index contributed by atoms with van der Waals surface area (Å²) in [5, 5.41) is 15.2. The van der Waals surface area contributed by atoms with Crippen molar-refractivity contribution in [3.63, 3.8) is 0 Å². The Kier molecular flexibility index (Phi) is 7.23. The molecule has 1 fully saturated rings. The van der Waals surface area contributed by atoms with Gasteiger partial charge in [-0.2, -0.15) is 0 Å². The Morgan fingerprint density at radius 1 is 1.13 bits per heavy atom. The SMILES string of the molecule is CCC(C)(C)NC(=O)c1ccnc(Nc2ccc(N3CCN(CCO)CC3)cc2)n1. The maximum absolute atomic E-state index is 12.5. The van der Waals surface area contributed by atoms with Crippen LogP contribution < -0.4 is 15.5 Å². The second-order valence-corrected chi connectivity index (χ2v) is 8.18. The molecule has 0 aliphatic carbocycles. The Bertz CT molecular complexity index is 832. The molecule has 1 aliphatic heterocycles. The fourth-order valence-corrected chi connectivity index (χ4v) is 3.26. The Morgan fingerprint density at radius 3 is 2.47 bits per heavy atom. The van der Waals surface area contributed by atoms with Gasteiger partial charge in [0.2, 0.25) is 5.95 Å². The first kappa shape index (κ1) is 22.0. The highest BCUT2D eigenvalue weighted by Crippen LogP contribution is 2.21. The van der Waals surface area contributed by atoms with Crippen LogP contribution >= 0.6 is 0 Å². The number of β-amino-alcohol motifs (C(OH)–C–C–N with tert-alkyl or cyclic N) is 1. The summed E-state index contributed by atoms with van der Waals surface area (Å²) in [7, 11) is 0. The van der Waals surface area contributed by atoms with Crippen LogP contribution in [0.4, 0.5) is 17.3 Å². The molecule has 8 heteroatoms. The summed E-state index contributed by atoms with van der Waals surface area (Å²) >= 11 is 0. The average Bonchev–Trinajstić information content (AvgIpc) is 2.75. The van der Waals surface area contributed by atoms with E-state index in [1.54, 1.807) is 12.3 Å². The molecule has 1 amide bonds. The summed E-state index contributed by atoms with van der Waals surface area (Å²) in [6, 6.07) is 9.75. The topological polar surface area (TPSA) is 93.6 Å². The zero-order valence-electron chi connectivity index (χ0n) is 18.1. The van der Waals surface area contributed by atoms with Gasteiger partial charge < -0.3 is 20.6 Å². The van der Waals surface area contributed by atoms with Crippen LogP contribution in [0.3, 0.4) is 0 Å². The van der Waals surface area contributed by atoms with Gasteiger partial charge in [0.1, 0.15) is 5.69 Å². The van der Waals surface area contributed by atoms with Crippen LogP contribution in [0.1, 0.15) is 37.7 Å². The monoisotopic (exact) mass is 412 g/mol. The molecule has 0 spiro atoms. The third-order valence-corrected chi connectivity index (χ3v) is 5.50. The van der Waals surface area contributed by atoms with E-state index < -0.39 is 0 Å². The van der Waals surface area contributed by atoms with E-state index in [0.717, 1.165) is 44.8 Å². The molecular formula is C22H32N6O2. The lowest BCUT2D eigenvalue weighted by molar-refractivity contribution is 0.0906. The highest BCUT2D eigenvalue weighted by molar-refractivity contribution is 5.93. The molecular weight excluding hydrogens is 380 g/mol. The molecule has 1 aliphatic rings. The third-order valence-electron chi connectivity index (χ3n) is 5.50. The van der Waals surface area contributed by atoms with Crippen LogP contribution in [0, 0.1) is 0 Å². The van der Waals surface area contributed by atoms with Crippen molar-refractivity contribution in [1.29, 1.82) is 0 Å². The number of hydrogen-bond acceptors (Lipinski definition) is 7. The number of hydrogen-bond donors (Lipinski definition) is 3. The van der Waals surface area contributed by atoms with E-state index in [2.05, 4.69) is 42.5 Å². The first-order chi connectivity index (χ1) is 14.4. The molecule has 3 N–H and O–H groups in total. The predicted molar refractivity (Wildman–Crippen MR) is 119 cm³/mol. The van der Waals surface area contributed by atoms with E-state index in [4.69, 9.17) is 5.11 Å². The van der Waals surface area contributed by atoms with Gasteiger partial charge in [0, 0.05) is 55.8 Å². The maximum Gasteiger partial charge on any atom is 0.270 e. The van der Waals surface area contributed by atoms with E-state index in [-0.39, 0.29) is 18.1 Å². The summed E-state index contributed by atoms with van der Waals surface area (Å²) < 4.78 is 0. The van der Waals surface area contributed by atoms with Crippen molar-refractivity contribution in [1.82, 2.24) is 20.2 Å². The molecule has 0 atom stereocenters. The number of amides is 1. The van der Waals surface area contributed by atoms with E-state index in [1.807, 2.05) is 32.9 Å². The van der Waals surface area contributed by atoms with Gasteiger partial charge in [-0.05, 0) is 50.6 Å². The van der Waals surface area contributed by atoms with Gasteiger partial charge in [-0.3, -0.25) is 9.69 Å².